The minimum absolute atomic E-state index is 0.0391. The lowest BCUT2D eigenvalue weighted by Gasteiger charge is -2.33. The number of carbonyl (C=O) groups is 1. The number of piperidine rings is 1. The Balaban J connectivity index is 1.44. The summed E-state index contributed by atoms with van der Waals surface area (Å²) in [6, 6.07) is 15.6. The Morgan fingerprint density at radius 1 is 1.09 bits per heavy atom. The summed E-state index contributed by atoms with van der Waals surface area (Å²) in [5, 5.41) is 6.07. The van der Waals surface area contributed by atoms with Crippen LogP contribution < -0.4 is 21.1 Å². The van der Waals surface area contributed by atoms with E-state index < -0.39 is 0 Å². The molecule has 2 heterocycles. The third-order valence-corrected chi connectivity index (χ3v) is 6.16. The molecule has 4 rings (SSSR count). The van der Waals surface area contributed by atoms with Gasteiger partial charge in [0.2, 0.25) is 0 Å². The molecule has 0 bridgehead atoms. The lowest BCUT2D eigenvalue weighted by atomic mass is 10.1. The number of urea groups is 1. The second-order valence-corrected chi connectivity index (χ2v) is 9.10. The zero-order valence-electron chi connectivity index (χ0n) is 19.7. The SMILES string of the molecule is CCc1ccccc1NC(=O)NC1CCN(c2nc3ccccc3n(CC(C)C)c2=O)CC1. The van der Waals surface area contributed by atoms with E-state index in [2.05, 4.69) is 36.3 Å². The molecule has 0 radical (unpaired) electrons. The molecule has 174 valence electrons. The Hall–Kier alpha value is -3.35. The van der Waals surface area contributed by atoms with Crippen LogP contribution in [0.4, 0.5) is 16.3 Å². The van der Waals surface area contributed by atoms with Crippen LogP contribution >= 0.6 is 0 Å². The van der Waals surface area contributed by atoms with Crippen LogP contribution in [-0.4, -0.2) is 34.7 Å². The maximum atomic E-state index is 13.3. The number of anilines is 2. The highest BCUT2D eigenvalue weighted by molar-refractivity contribution is 5.90. The number of hydrogen-bond acceptors (Lipinski definition) is 4. The van der Waals surface area contributed by atoms with E-state index >= 15 is 0 Å². The van der Waals surface area contributed by atoms with Crippen molar-refractivity contribution in [2.45, 2.75) is 52.6 Å². The van der Waals surface area contributed by atoms with Crippen molar-refractivity contribution in [2.75, 3.05) is 23.3 Å². The average molecular weight is 448 g/mol. The highest BCUT2D eigenvalue weighted by atomic mass is 16.2. The Bertz CT molecular complexity index is 1180. The Kier molecular flexibility index (Phi) is 6.96. The van der Waals surface area contributed by atoms with Gasteiger partial charge in [0.25, 0.3) is 5.56 Å². The van der Waals surface area contributed by atoms with Gasteiger partial charge in [0.1, 0.15) is 0 Å². The normalized spacial score (nSPS) is 14.6. The van der Waals surface area contributed by atoms with Crippen LogP contribution in [0.5, 0.6) is 0 Å². The van der Waals surface area contributed by atoms with Gasteiger partial charge in [0, 0.05) is 31.4 Å². The molecule has 2 aromatic carbocycles. The van der Waals surface area contributed by atoms with Crippen LogP contribution in [0, 0.1) is 5.92 Å². The number of nitrogens with zero attached hydrogens (tertiary/aromatic N) is 3. The fourth-order valence-electron chi connectivity index (χ4n) is 4.46. The molecule has 3 aromatic rings. The maximum Gasteiger partial charge on any atom is 0.319 e. The van der Waals surface area contributed by atoms with Gasteiger partial charge >= 0.3 is 6.03 Å². The summed E-state index contributed by atoms with van der Waals surface area (Å²) in [4.78, 5) is 32.7. The summed E-state index contributed by atoms with van der Waals surface area (Å²) in [5.41, 5.74) is 3.63. The molecule has 0 saturated carbocycles. The number of benzene rings is 2. The van der Waals surface area contributed by atoms with Gasteiger partial charge in [-0.2, -0.15) is 0 Å². The number of amides is 2. The van der Waals surface area contributed by atoms with Crippen molar-refractivity contribution >= 4 is 28.6 Å². The highest BCUT2D eigenvalue weighted by Gasteiger charge is 2.25. The van der Waals surface area contributed by atoms with Crippen molar-refractivity contribution in [3.8, 4) is 0 Å². The third kappa shape index (κ3) is 5.18. The van der Waals surface area contributed by atoms with Crippen molar-refractivity contribution in [1.82, 2.24) is 14.9 Å². The van der Waals surface area contributed by atoms with E-state index in [0.717, 1.165) is 41.5 Å². The van der Waals surface area contributed by atoms with Crippen LogP contribution in [0.3, 0.4) is 0 Å². The number of aromatic nitrogens is 2. The number of aryl methyl sites for hydroxylation is 1. The number of carbonyl (C=O) groups excluding carboxylic acids is 1. The molecule has 0 spiro atoms. The molecular formula is C26H33N5O2. The van der Waals surface area contributed by atoms with Gasteiger partial charge in [0.05, 0.1) is 11.0 Å². The summed E-state index contributed by atoms with van der Waals surface area (Å²) in [6.07, 6.45) is 2.39. The zero-order chi connectivity index (χ0) is 23.4. The van der Waals surface area contributed by atoms with Gasteiger partial charge in [-0.3, -0.25) is 4.79 Å². The summed E-state index contributed by atoms with van der Waals surface area (Å²) < 4.78 is 1.85. The number of hydrogen-bond donors (Lipinski definition) is 2. The first-order valence-corrected chi connectivity index (χ1v) is 11.9. The summed E-state index contributed by atoms with van der Waals surface area (Å²) in [7, 11) is 0. The van der Waals surface area contributed by atoms with Gasteiger partial charge in [-0.25, -0.2) is 9.78 Å². The summed E-state index contributed by atoms with van der Waals surface area (Å²) >= 11 is 0. The van der Waals surface area contributed by atoms with Crippen LogP contribution in [0.15, 0.2) is 53.3 Å². The lowest BCUT2D eigenvalue weighted by Crippen LogP contribution is -2.47. The quantitative estimate of drug-likeness (QED) is 0.587. The molecule has 1 fully saturated rings. The summed E-state index contributed by atoms with van der Waals surface area (Å²) in [5.74, 6) is 0.863. The Morgan fingerprint density at radius 2 is 1.79 bits per heavy atom. The molecule has 7 nitrogen and oxygen atoms in total. The molecule has 1 aliphatic rings. The average Bonchev–Trinajstić information content (AvgIpc) is 2.81. The second-order valence-electron chi connectivity index (χ2n) is 9.10. The topological polar surface area (TPSA) is 79.3 Å². The molecule has 0 unspecified atom stereocenters. The van der Waals surface area contributed by atoms with Crippen LogP contribution in [0.2, 0.25) is 0 Å². The van der Waals surface area contributed by atoms with E-state index in [1.807, 2.05) is 53.1 Å². The van der Waals surface area contributed by atoms with Gasteiger partial charge in [-0.15, -0.1) is 0 Å². The number of fused-ring (bicyclic) bond motifs is 1. The first kappa shape index (κ1) is 22.8. The van der Waals surface area contributed by atoms with E-state index in [-0.39, 0.29) is 17.6 Å². The third-order valence-electron chi connectivity index (χ3n) is 6.16. The van der Waals surface area contributed by atoms with E-state index in [4.69, 9.17) is 4.98 Å². The van der Waals surface area contributed by atoms with Gasteiger partial charge < -0.3 is 20.1 Å². The Labute approximate surface area is 194 Å². The van der Waals surface area contributed by atoms with E-state index in [1.165, 1.54) is 0 Å². The number of rotatable bonds is 6. The van der Waals surface area contributed by atoms with Crippen molar-refractivity contribution in [1.29, 1.82) is 0 Å². The largest absolute Gasteiger partial charge is 0.352 e. The molecular weight excluding hydrogens is 414 g/mol. The summed E-state index contributed by atoms with van der Waals surface area (Å²) in [6.45, 7) is 8.32. The fraction of sp³-hybridized carbons (Fsp3) is 0.423. The first-order valence-electron chi connectivity index (χ1n) is 11.9. The van der Waals surface area contributed by atoms with Gasteiger partial charge in [-0.1, -0.05) is 51.1 Å². The van der Waals surface area contributed by atoms with Crippen molar-refractivity contribution in [3.05, 3.63) is 64.4 Å². The lowest BCUT2D eigenvalue weighted by molar-refractivity contribution is 0.246. The molecule has 1 saturated heterocycles. The fourth-order valence-corrected chi connectivity index (χ4v) is 4.46. The Morgan fingerprint density at radius 3 is 2.52 bits per heavy atom. The smallest absolute Gasteiger partial charge is 0.319 e. The van der Waals surface area contributed by atoms with Crippen molar-refractivity contribution in [2.24, 2.45) is 5.92 Å². The molecule has 1 aromatic heterocycles. The van der Waals surface area contributed by atoms with E-state index in [1.54, 1.807) is 0 Å². The van der Waals surface area contributed by atoms with E-state index in [0.29, 0.717) is 31.4 Å². The molecule has 1 aliphatic heterocycles. The van der Waals surface area contributed by atoms with Crippen LogP contribution in [-0.2, 0) is 13.0 Å². The number of nitrogens with one attached hydrogen (secondary N) is 2. The van der Waals surface area contributed by atoms with Crippen molar-refractivity contribution in [3.63, 3.8) is 0 Å². The van der Waals surface area contributed by atoms with Crippen LogP contribution in [0.1, 0.15) is 39.2 Å². The van der Waals surface area contributed by atoms with Gasteiger partial charge in [0.15, 0.2) is 5.82 Å². The standard InChI is InChI=1S/C26H33N5O2/c1-4-19-9-5-6-10-21(19)29-26(33)27-20-13-15-30(16-14-20)24-25(32)31(17-18(2)3)23-12-8-7-11-22(23)28-24/h5-12,18,20H,4,13-17H2,1-3H3,(H2,27,29,33). The molecule has 0 aliphatic carbocycles. The minimum Gasteiger partial charge on any atom is -0.352 e. The molecule has 2 N–H and O–H groups in total. The molecule has 0 atom stereocenters. The van der Waals surface area contributed by atoms with Crippen LogP contribution in [0.25, 0.3) is 11.0 Å². The second kappa shape index (κ2) is 10.1. The maximum absolute atomic E-state index is 13.3. The molecule has 2 amide bonds. The molecule has 7 heteroatoms. The van der Waals surface area contributed by atoms with Crippen molar-refractivity contribution < 1.29 is 4.79 Å². The zero-order valence-corrected chi connectivity index (χ0v) is 19.7. The first-order chi connectivity index (χ1) is 16.0. The minimum atomic E-state index is -0.183. The number of para-hydroxylation sites is 3. The molecule has 33 heavy (non-hydrogen) atoms. The predicted molar refractivity (Wildman–Crippen MR) is 134 cm³/mol. The van der Waals surface area contributed by atoms with Gasteiger partial charge in [-0.05, 0) is 48.9 Å². The highest BCUT2D eigenvalue weighted by Crippen LogP contribution is 2.20. The monoisotopic (exact) mass is 447 g/mol. The predicted octanol–water partition coefficient (Wildman–Crippen LogP) is 4.41. The van der Waals surface area contributed by atoms with E-state index in [9.17, 15) is 9.59 Å².